The predicted octanol–water partition coefficient (Wildman–Crippen LogP) is 2.63. The molecule has 1 rings (SSSR count). The zero-order valence-corrected chi connectivity index (χ0v) is 9.41. The van der Waals surface area contributed by atoms with Crippen molar-refractivity contribution in [3.05, 3.63) is 35.4 Å². The summed E-state index contributed by atoms with van der Waals surface area (Å²) in [6.07, 6.45) is -0.450. The standard InChI is InChI=1S/C12H17NO2/c1-9(2)15-12(14)13-8-11-6-4-10(3)5-7-11/h4-7,9H,8H2,1-3H3,(H,13,14). The van der Waals surface area contributed by atoms with Gasteiger partial charge in [0.2, 0.25) is 0 Å². The molecule has 1 aromatic rings. The van der Waals surface area contributed by atoms with E-state index >= 15 is 0 Å². The lowest BCUT2D eigenvalue weighted by Crippen LogP contribution is -2.26. The van der Waals surface area contributed by atoms with Gasteiger partial charge < -0.3 is 10.1 Å². The number of hydrogen-bond acceptors (Lipinski definition) is 2. The molecule has 1 amide bonds. The van der Waals surface area contributed by atoms with Crippen LogP contribution in [0.3, 0.4) is 0 Å². The van der Waals surface area contributed by atoms with Gasteiger partial charge in [0.25, 0.3) is 0 Å². The summed E-state index contributed by atoms with van der Waals surface area (Å²) in [4.78, 5) is 11.2. The fourth-order valence-corrected chi connectivity index (χ4v) is 1.14. The van der Waals surface area contributed by atoms with Crippen LogP contribution in [-0.2, 0) is 11.3 Å². The Morgan fingerprint density at radius 3 is 2.47 bits per heavy atom. The minimum absolute atomic E-state index is 0.0805. The minimum atomic E-state index is -0.370. The van der Waals surface area contributed by atoms with Crippen molar-refractivity contribution in [3.63, 3.8) is 0 Å². The molecule has 0 aromatic heterocycles. The third-order valence-electron chi connectivity index (χ3n) is 1.90. The molecule has 0 bridgehead atoms. The van der Waals surface area contributed by atoms with Crippen molar-refractivity contribution in [2.75, 3.05) is 0 Å². The Morgan fingerprint density at radius 1 is 1.33 bits per heavy atom. The van der Waals surface area contributed by atoms with Crippen LogP contribution in [0.1, 0.15) is 25.0 Å². The van der Waals surface area contributed by atoms with Crippen LogP contribution in [0.15, 0.2) is 24.3 Å². The molecule has 0 saturated heterocycles. The average Bonchev–Trinajstić information content (AvgIpc) is 2.16. The average molecular weight is 207 g/mol. The van der Waals surface area contributed by atoms with Crippen LogP contribution in [0.5, 0.6) is 0 Å². The van der Waals surface area contributed by atoms with Crippen molar-refractivity contribution in [1.29, 1.82) is 0 Å². The third-order valence-corrected chi connectivity index (χ3v) is 1.90. The summed E-state index contributed by atoms with van der Waals surface area (Å²) in [6.45, 7) is 6.19. The zero-order chi connectivity index (χ0) is 11.3. The van der Waals surface area contributed by atoms with E-state index in [9.17, 15) is 4.79 Å². The molecule has 0 radical (unpaired) electrons. The molecule has 0 aliphatic heterocycles. The number of aryl methyl sites for hydroxylation is 1. The van der Waals surface area contributed by atoms with E-state index in [1.165, 1.54) is 5.56 Å². The molecule has 3 nitrogen and oxygen atoms in total. The summed E-state index contributed by atoms with van der Waals surface area (Å²) in [6, 6.07) is 8.02. The van der Waals surface area contributed by atoms with Gasteiger partial charge in [-0.15, -0.1) is 0 Å². The summed E-state index contributed by atoms with van der Waals surface area (Å²) in [7, 11) is 0. The van der Waals surface area contributed by atoms with E-state index in [1.807, 2.05) is 45.0 Å². The van der Waals surface area contributed by atoms with Crippen LogP contribution in [0.25, 0.3) is 0 Å². The summed E-state index contributed by atoms with van der Waals surface area (Å²) in [5.41, 5.74) is 2.28. The monoisotopic (exact) mass is 207 g/mol. The molecule has 1 aromatic carbocycles. The van der Waals surface area contributed by atoms with Crippen LogP contribution in [0, 0.1) is 6.92 Å². The normalized spacial score (nSPS) is 10.1. The quantitative estimate of drug-likeness (QED) is 0.827. The van der Waals surface area contributed by atoms with Gasteiger partial charge in [-0.1, -0.05) is 29.8 Å². The lowest BCUT2D eigenvalue weighted by molar-refractivity contribution is 0.115. The number of carbonyl (C=O) groups is 1. The first kappa shape index (κ1) is 11.6. The molecule has 0 aliphatic rings. The molecule has 3 heteroatoms. The maximum absolute atomic E-state index is 11.2. The molecule has 1 N–H and O–H groups in total. The first-order valence-corrected chi connectivity index (χ1v) is 5.08. The Balaban J connectivity index is 2.37. The number of alkyl carbamates (subject to hydrolysis) is 1. The number of carbonyl (C=O) groups excluding carboxylic acids is 1. The van der Waals surface area contributed by atoms with E-state index in [0.29, 0.717) is 6.54 Å². The van der Waals surface area contributed by atoms with Crippen molar-refractivity contribution in [2.45, 2.75) is 33.4 Å². The van der Waals surface area contributed by atoms with Crippen LogP contribution in [0.2, 0.25) is 0 Å². The van der Waals surface area contributed by atoms with Gasteiger partial charge >= 0.3 is 6.09 Å². The highest BCUT2D eigenvalue weighted by Crippen LogP contribution is 2.02. The second-order valence-corrected chi connectivity index (χ2v) is 3.79. The highest BCUT2D eigenvalue weighted by atomic mass is 16.6. The summed E-state index contributed by atoms with van der Waals surface area (Å²) < 4.78 is 4.95. The zero-order valence-electron chi connectivity index (χ0n) is 9.41. The maximum Gasteiger partial charge on any atom is 0.407 e. The Labute approximate surface area is 90.4 Å². The summed E-state index contributed by atoms with van der Waals surface area (Å²) in [5.74, 6) is 0. The van der Waals surface area contributed by atoms with E-state index in [1.54, 1.807) is 0 Å². The Kier molecular flexibility index (Phi) is 4.16. The van der Waals surface area contributed by atoms with Gasteiger partial charge in [0.15, 0.2) is 0 Å². The SMILES string of the molecule is Cc1ccc(CNC(=O)OC(C)C)cc1. The molecule has 0 atom stereocenters. The molecule has 0 fully saturated rings. The smallest absolute Gasteiger partial charge is 0.407 e. The Morgan fingerprint density at radius 2 is 1.93 bits per heavy atom. The first-order chi connectivity index (χ1) is 7.08. The fourth-order valence-electron chi connectivity index (χ4n) is 1.14. The molecule has 82 valence electrons. The van der Waals surface area contributed by atoms with E-state index in [2.05, 4.69) is 5.32 Å². The highest BCUT2D eigenvalue weighted by Gasteiger charge is 2.03. The molecule has 0 spiro atoms. The van der Waals surface area contributed by atoms with Crippen LogP contribution in [0.4, 0.5) is 4.79 Å². The number of ether oxygens (including phenoxy) is 1. The highest BCUT2D eigenvalue weighted by molar-refractivity contribution is 5.67. The third kappa shape index (κ3) is 4.49. The molecular weight excluding hydrogens is 190 g/mol. The number of rotatable bonds is 3. The van der Waals surface area contributed by atoms with Gasteiger partial charge in [0.1, 0.15) is 0 Å². The number of amides is 1. The van der Waals surface area contributed by atoms with Crippen molar-refractivity contribution < 1.29 is 9.53 Å². The van der Waals surface area contributed by atoms with E-state index in [4.69, 9.17) is 4.74 Å². The number of hydrogen-bond donors (Lipinski definition) is 1. The van der Waals surface area contributed by atoms with Gasteiger partial charge in [-0.2, -0.15) is 0 Å². The van der Waals surface area contributed by atoms with E-state index < -0.39 is 0 Å². The Bertz CT molecular complexity index is 317. The molecule has 15 heavy (non-hydrogen) atoms. The lowest BCUT2D eigenvalue weighted by atomic mass is 10.1. The number of benzene rings is 1. The number of nitrogens with one attached hydrogen (secondary N) is 1. The maximum atomic E-state index is 11.2. The van der Waals surface area contributed by atoms with Crippen LogP contribution < -0.4 is 5.32 Å². The second kappa shape index (κ2) is 5.39. The van der Waals surface area contributed by atoms with Crippen molar-refractivity contribution in [2.24, 2.45) is 0 Å². The lowest BCUT2D eigenvalue weighted by Gasteiger charge is -2.09. The molecule has 0 heterocycles. The van der Waals surface area contributed by atoms with Gasteiger partial charge in [-0.25, -0.2) is 4.79 Å². The van der Waals surface area contributed by atoms with Crippen molar-refractivity contribution in [3.8, 4) is 0 Å². The fraction of sp³-hybridized carbons (Fsp3) is 0.417. The molecule has 0 aliphatic carbocycles. The summed E-state index contributed by atoms with van der Waals surface area (Å²) in [5, 5.41) is 2.69. The molecular formula is C12H17NO2. The topological polar surface area (TPSA) is 38.3 Å². The molecule has 0 unspecified atom stereocenters. The van der Waals surface area contributed by atoms with Crippen LogP contribution >= 0.6 is 0 Å². The van der Waals surface area contributed by atoms with E-state index in [0.717, 1.165) is 5.56 Å². The van der Waals surface area contributed by atoms with Crippen molar-refractivity contribution >= 4 is 6.09 Å². The van der Waals surface area contributed by atoms with Crippen molar-refractivity contribution in [1.82, 2.24) is 5.32 Å². The van der Waals surface area contributed by atoms with Crippen LogP contribution in [-0.4, -0.2) is 12.2 Å². The van der Waals surface area contributed by atoms with E-state index in [-0.39, 0.29) is 12.2 Å². The van der Waals surface area contributed by atoms with Gasteiger partial charge in [-0.05, 0) is 26.3 Å². The largest absolute Gasteiger partial charge is 0.447 e. The molecule has 0 saturated carbocycles. The first-order valence-electron chi connectivity index (χ1n) is 5.08. The second-order valence-electron chi connectivity index (χ2n) is 3.79. The van der Waals surface area contributed by atoms with Gasteiger partial charge in [-0.3, -0.25) is 0 Å². The predicted molar refractivity (Wildman–Crippen MR) is 59.6 cm³/mol. The van der Waals surface area contributed by atoms with Gasteiger partial charge in [0.05, 0.1) is 6.10 Å². The Hall–Kier alpha value is -1.51. The summed E-state index contributed by atoms with van der Waals surface area (Å²) >= 11 is 0. The van der Waals surface area contributed by atoms with Gasteiger partial charge in [0, 0.05) is 6.54 Å². The minimum Gasteiger partial charge on any atom is -0.447 e.